The maximum absolute atomic E-state index is 13.2. The van der Waals surface area contributed by atoms with Gasteiger partial charge >= 0.3 is 0 Å². The number of likely N-dealkylation sites (tertiary alicyclic amines) is 1. The molecule has 2 aliphatic rings. The van der Waals surface area contributed by atoms with Gasteiger partial charge in [-0.2, -0.15) is 0 Å². The molecule has 2 saturated heterocycles. The van der Waals surface area contributed by atoms with Crippen LogP contribution in [0.25, 0.3) is 0 Å². The zero-order chi connectivity index (χ0) is 24.2. The Morgan fingerprint density at radius 1 is 0.800 bits per heavy atom. The Kier molecular flexibility index (Phi) is 6.93. The lowest BCUT2D eigenvalue weighted by molar-refractivity contribution is -0.140. The van der Waals surface area contributed by atoms with E-state index in [-0.39, 0.29) is 30.3 Å². The van der Waals surface area contributed by atoms with Gasteiger partial charge in [-0.3, -0.25) is 24.3 Å². The highest BCUT2D eigenvalue weighted by molar-refractivity contribution is 6.05. The van der Waals surface area contributed by atoms with Crippen LogP contribution in [0.3, 0.4) is 0 Å². The topological polar surface area (TPSA) is 53.1 Å². The average Bonchev–Trinajstić information content (AvgIpc) is 3.19. The van der Waals surface area contributed by atoms with E-state index in [1.807, 2.05) is 36.4 Å². The molecule has 0 aromatic heterocycles. The minimum absolute atomic E-state index is 0.0815. The lowest BCUT2D eigenvalue weighted by atomic mass is 9.96. The van der Waals surface area contributed by atoms with Crippen LogP contribution in [0, 0.1) is 0 Å². The van der Waals surface area contributed by atoms with E-state index in [2.05, 4.69) is 58.3 Å². The van der Waals surface area contributed by atoms with Crippen molar-refractivity contribution in [2.75, 3.05) is 33.3 Å². The van der Waals surface area contributed by atoms with Crippen molar-refractivity contribution in [3.05, 3.63) is 102 Å². The van der Waals surface area contributed by atoms with Crippen molar-refractivity contribution in [3.8, 4) is 5.75 Å². The predicted molar refractivity (Wildman–Crippen MR) is 135 cm³/mol. The first-order chi connectivity index (χ1) is 17.1. The van der Waals surface area contributed by atoms with Crippen LogP contribution in [0.5, 0.6) is 5.75 Å². The normalized spacial score (nSPS) is 19.5. The molecule has 0 saturated carbocycles. The number of hydrogen-bond donors (Lipinski definition) is 0. The Labute approximate surface area is 206 Å². The average molecular weight is 470 g/mol. The van der Waals surface area contributed by atoms with E-state index >= 15 is 0 Å². The van der Waals surface area contributed by atoms with Crippen LogP contribution in [-0.2, 0) is 16.1 Å². The lowest BCUT2D eigenvalue weighted by Crippen LogP contribution is -2.53. The number of nitrogens with zero attached hydrogens (tertiary/aromatic N) is 3. The van der Waals surface area contributed by atoms with Gasteiger partial charge in [-0.1, -0.05) is 72.8 Å². The van der Waals surface area contributed by atoms with Gasteiger partial charge in [-0.25, -0.2) is 0 Å². The highest BCUT2D eigenvalue weighted by Crippen LogP contribution is 2.31. The summed E-state index contributed by atoms with van der Waals surface area (Å²) in [6.45, 7) is 3.50. The Balaban J connectivity index is 1.25. The predicted octanol–water partition coefficient (Wildman–Crippen LogP) is 3.73. The molecule has 2 fully saturated rings. The summed E-state index contributed by atoms with van der Waals surface area (Å²) < 4.78 is 5.20. The second-order valence-electron chi connectivity index (χ2n) is 9.18. The van der Waals surface area contributed by atoms with Crippen molar-refractivity contribution in [1.82, 2.24) is 14.7 Å². The third kappa shape index (κ3) is 4.99. The first-order valence-corrected chi connectivity index (χ1v) is 12.2. The van der Waals surface area contributed by atoms with Gasteiger partial charge < -0.3 is 4.74 Å². The second-order valence-corrected chi connectivity index (χ2v) is 9.18. The van der Waals surface area contributed by atoms with Gasteiger partial charge in [-0.05, 0) is 28.8 Å². The molecular formula is C29H31N3O3. The van der Waals surface area contributed by atoms with Gasteiger partial charge in [0.25, 0.3) is 0 Å². The molecular weight excluding hydrogens is 438 g/mol. The van der Waals surface area contributed by atoms with Crippen LogP contribution in [0.15, 0.2) is 84.9 Å². The van der Waals surface area contributed by atoms with Crippen molar-refractivity contribution in [3.63, 3.8) is 0 Å². The molecule has 0 aliphatic carbocycles. The van der Waals surface area contributed by atoms with Crippen LogP contribution < -0.4 is 4.74 Å². The van der Waals surface area contributed by atoms with Gasteiger partial charge in [-0.15, -0.1) is 0 Å². The molecule has 1 atom stereocenters. The Morgan fingerprint density at radius 2 is 1.37 bits per heavy atom. The molecule has 3 aromatic carbocycles. The molecule has 35 heavy (non-hydrogen) atoms. The van der Waals surface area contributed by atoms with E-state index in [1.54, 1.807) is 7.11 Å². The number of methoxy groups -OCH3 is 1. The highest BCUT2D eigenvalue weighted by Gasteiger charge is 2.43. The molecule has 5 rings (SSSR count). The van der Waals surface area contributed by atoms with Crippen LogP contribution in [-0.4, -0.2) is 65.8 Å². The molecule has 180 valence electrons. The maximum atomic E-state index is 13.2. The van der Waals surface area contributed by atoms with Crippen molar-refractivity contribution < 1.29 is 14.3 Å². The van der Waals surface area contributed by atoms with Gasteiger partial charge in [0.2, 0.25) is 11.8 Å². The van der Waals surface area contributed by atoms with Gasteiger partial charge in [0.15, 0.2) is 0 Å². The quantitative estimate of drug-likeness (QED) is 0.494. The molecule has 6 heteroatoms. The summed E-state index contributed by atoms with van der Waals surface area (Å²) in [7, 11) is 1.62. The van der Waals surface area contributed by atoms with Crippen molar-refractivity contribution in [2.24, 2.45) is 0 Å². The lowest BCUT2D eigenvalue weighted by Gasteiger charge is -2.41. The standard InChI is InChI=1S/C29H31N3O3/c1-35-25-14-12-22(13-15-25)21-32-27(33)20-26(29(32)34)30-16-18-31(19-17-30)28(23-8-4-2-5-9-23)24-10-6-3-7-11-24/h2-15,26,28H,16-21H2,1H3/t26-/m1/s1. The summed E-state index contributed by atoms with van der Waals surface area (Å²) in [6, 6.07) is 28.5. The largest absolute Gasteiger partial charge is 0.497 e. The molecule has 3 aromatic rings. The van der Waals surface area contributed by atoms with Gasteiger partial charge in [0, 0.05) is 26.2 Å². The molecule has 2 aliphatic heterocycles. The fourth-order valence-electron chi connectivity index (χ4n) is 5.22. The minimum atomic E-state index is -0.366. The number of ether oxygens (including phenoxy) is 1. The highest BCUT2D eigenvalue weighted by atomic mass is 16.5. The molecule has 0 unspecified atom stereocenters. The van der Waals surface area contributed by atoms with Gasteiger partial charge in [0.05, 0.1) is 32.2 Å². The van der Waals surface area contributed by atoms with E-state index in [1.165, 1.54) is 16.0 Å². The van der Waals surface area contributed by atoms with Crippen molar-refractivity contribution in [1.29, 1.82) is 0 Å². The van der Waals surface area contributed by atoms with E-state index in [4.69, 9.17) is 4.74 Å². The van der Waals surface area contributed by atoms with E-state index in [0.29, 0.717) is 6.54 Å². The van der Waals surface area contributed by atoms with E-state index in [0.717, 1.165) is 37.5 Å². The fraction of sp³-hybridized carbons (Fsp3) is 0.310. The maximum Gasteiger partial charge on any atom is 0.247 e. The summed E-state index contributed by atoms with van der Waals surface area (Å²) >= 11 is 0. The first kappa shape index (κ1) is 23.3. The van der Waals surface area contributed by atoms with Crippen molar-refractivity contribution in [2.45, 2.75) is 25.0 Å². The zero-order valence-corrected chi connectivity index (χ0v) is 20.0. The Hall–Kier alpha value is -3.48. The Morgan fingerprint density at radius 3 is 1.91 bits per heavy atom. The molecule has 0 bridgehead atoms. The smallest absolute Gasteiger partial charge is 0.247 e. The minimum Gasteiger partial charge on any atom is -0.497 e. The van der Waals surface area contributed by atoms with Crippen molar-refractivity contribution >= 4 is 11.8 Å². The van der Waals surface area contributed by atoms with Crippen LogP contribution >= 0.6 is 0 Å². The molecule has 6 nitrogen and oxygen atoms in total. The number of amides is 2. The molecule has 2 amide bonds. The third-order valence-corrected chi connectivity index (χ3v) is 7.11. The second kappa shape index (κ2) is 10.4. The zero-order valence-electron chi connectivity index (χ0n) is 20.0. The number of imide groups is 1. The number of carbonyl (C=O) groups is 2. The summed E-state index contributed by atoms with van der Waals surface area (Å²) in [5.74, 6) is 0.583. The number of benzene rings is 3. The molecule has 0 N–H and O–H groups in total. The van der Waals surface area contributed by atoms with E-state index in [9.17, 15) is 9.59 Å². The summed E-state index contributed by atoms with van der Waals surface area (Å²) in [4.78, 5) is 32.1. The molecule has 0 radical (unpaired) electrons. The van der Waals surface area contributed by atoms with E-state index < -0.39 is 0 Å². The van der Waals surface area contributed by atoms with Crippen LogP contribution in [0.2, 0.25) is 0 Å². The number of rotatable bonds is 7. The summed E-state index contributed by atoms with van der Waals surface area (Å²) in [6.07, 6.45) is 0.260. The fourth-order valence-corrected chi connectivity index (χ4v) is 5.22. The number of hydrogen-bond acceptors (Lipinski definition) is 5. The monoisotopic (exact) mass is 469 g/mol. The van der Waals surface area contributed by atoms with Gasteiger partial charge in [0.1, 0.15) is 5.75 Å². The van der Waals surface area contributed by atoms with Crippen LogP contribution in [0.4, 0.5) is 0 Å². The summed E-state index contributed by atoms with van der Waals surface area (Å²) in [5.41, 5.74) is 3.46. The number of piperazine rings is 1. The Bertz CT molecular complexity index is 1100. The SMILES string of the molecule is COc1ccc(CN2C(=O)C[C@@H](N3CCN(C(c4ccccc4)c4ccccc4)CC3)C2=O)cc1. The summed E-state index contributed by atoms with van der Waals surface area (Å²) in [5, 5.41) is 0. The first-order valence-electron chi connectivity index (χ1n) is 12.2. The van der Waals surface area contributed by atoms with Crippen LogP contribution in [0.1, 0.15) is 29.2 Å². The number of carbonyl (C=O) groups excluding carboxylic acids is 2. The third-order valence-electron chi connectivity index (χ3n) is 7.11. The molecule has 2 heterocycles. The molecule has 0 spiro atoms.